The summed E-state index contributed by atoms with van der Waals surface area (Å²) in [6, 6.07) is 14.2. The van der Waals surface area contributed by atoms with Gasteiger partial charge in [-0.05, 0) is 30.7 Å². The second kappa shape index (κ2) is 7.94. The molecule has 2 aromatic carbocycles. The molecule has 0 atom stereocenters. The van der Waals surface area contributed by atoms with Crippen LogP contribution in [0.5, 0.6) is 5.75 Å². The molecule has 0 fully saturated rings. The Kier molecular flexibility index (Phi) is 5.45. The van der Waals surface area contributed by atoms with Gasteiger partial charge in [-0.1, -0.05) is 24.1 Å². The molecule has 0 amide bonds. The van der Waals surface area contributed by atoms with Crippen molar-refractivity contribution in [3.8, 4) is 18.1 Å². The summed E-state index contributed by atoms with van der Waals surface area (Å²) in [5, 5.41) is 3.40. The molecule has 0 aromatic heterocycles. The number of ether oxygens (including phenoxy) is 1. The fourth-order valence-electron chi connectivity index (χ4n) is 2.64. The summed E-state index contributed by atoms with van der Waals surface area (Å²) in [5.74, 6) is 5.34. The quantitative estimate of drug-likeness (QED) is 0.667. The minimum absolute atomic E-state index is 0.795. The molecule has 2 aromatic rings. The molecule has 1 aliphatic rings. The highest BCUT2D eigenvalue weighted by Gasteiger charge is 2.13. The summed E-state index contributed by atoms with van der Waals surface area (Å²) in [6.45, 7) is 1.87. The Labute approximate surface area is 147 Å². The van der Waals surface area contributed by atoms with Crippen LogP contribution < -0.4 is 10.1 Å². The highest BCUT2D eigenvalue weighted by molar-refractivity contribution is 7.98. The zero-order valence-electron chi connectivity index (χ0n) is 13.7. The predicted octanol–water partition coefficient (Wildman–Crippen LogP) is 3.71. The first-order valence-corrected chi connectivity index (χ1v) is 8.94. The van der Waals surface area contributed by atoms with Crippen LogP contribution in [0.4, 0.5) is 0 Å². The molecular weight excluding hydrogens is 316 g/mol. The molecule has 3 nitrogen and oxygen atoms in total. The molecule has 0 saturated heterocycles. The first-order chi connectivity index (χ1) is 11.8. The van der Waals surface area contributed by atoms with Crippen molar-refractivity contribution < 1.29 is 4.74 Å². The van der Waals surface area contributed by atoms with Crippen molar-refractivity contribution in [3.63, 3.8) is 0 Å². The maximum atomic E-state index is 5.52. The first-order valence-electron chi connectivity index (χ1n) is 7.96. The maximum Gasteiger partial charge on any atom is 0.129 e. The van der Waals surface area contributed by atoms with E-state index in [-0.39, 0.29) is 0 Å². The summed E-state index contributed by atoms with van der Waals surface area (Å²) in [7, 11) is 1.69. The second-order valence-corrected chi connectivity index (χ2v) is 6.48. The van der Waals surface area contributed by atoms with Gasteiger partial charge in [0, 0.05) is 40.4 Å². The van der Waals surface area contributed by atoms with Crippen LogP contribution in [0.25, 0.3) is 0 Å². The SMILES string of the molecule is C#Cc1ccc(OC)c(CSc2ccccc2C2=NCCCN2)c1. The Morgan fingerprint density at radius 3 is 2.92 bits per heavy atom. The molecule has 4 heteroatoms. The molecule has 0 aliphatic carbocycles. The molecule has 24 heavy (non-hydrogen) atoms. The number of nitrogens with zero attached hydrogens (tertiary/aromatic N) is 1. The van der Waals surface area contributed by atoms with Gasteiger partial charge >= 0.3 is 0 Å². The second-order valence-electron chi connectivity index (χ2n) is 5.47. The number of hydrogen-bond acceptors (Lipinski definition) is 4. The lowest BCUT2D eigenvalue weighted by Gasteiger charge is -2.17. The van der Waals surface area contributed by atoms with Crippen LogP contribution in [-0.2, 0) is 5.75 Å². The molecule has 0 saturated carbocycles. The van der Waals surface area contributed by atoms with Gasteiger partial charge in [-0.3, -0.25) is 4.99 Å². The molecule has 3 rings (SSSR count). The minimum atomic E-state index is 0.795. The number of rotatable bonds is 5. The number of aliphatic imine (C=N–C) groups is 1. The van der Waals surface area contributed by atoms with E-state index in [2.05, 4.69) is 40.5 Å². The average Bonchev–Trinajstić information content (AvgIpc) is 2.67. The fraction of sp³-hybridized carbons (Fsp3) is 0.250. The van der Waals surface area contributed by atoms with E-state index >= 15 is 0 Å². The average molecular weight is 336 g/mol. The third-order valence-electron chi connectivity index (χ3n) is 3.87. The summed E-state index contributed by atoms with van der Waals surface area (Å²) < 4.78 is 5.46. The largest absolute Gasteiger partial charge is 0.496 e. The molecule has 122 valence electrons. The lowest BCUT2D eigenvalue weighted by atomic mass is 10.1. The first kappa shape index (κ1) is 16.5. The number of nitrogens with one attached hydrogen (secondary N) is 1. The Morgan fingerprint density at radius 1 is 1.29 bits per heavy atom. The van der Waals surface area contributed by atoms with Crippen molar-refractivity contribution in [3.05, 3.63) is 59.2 Å². The van der Waals surface area contributed by atoms with Gasteiger partial charge in [0.1, 0.15) is 11.6 Å². The Balaban J connectivity index is 1.83. The number of benzene rings is 2. The molecular formula is C20H20N2OS. The van der Waals surface area contributed by atoms with Crippen LogP contribution in [0.3, 0.4) is 0 Å². The van der Waals surface area contributed by atoms with Crippen LogP contribution >= 0.6 is 11.8 Å². The van der Waals surface area contributed by atoms with Gasteiger partial charge in [0.25, 0.3) is 0 Å². The van der Waals surface area contributed by atoms with Gasteiger partial charge < -0.3 is 10.1 Å². The number of terminal acetylenes is 1. The molecule has 0 spiro atoms. The van der Waals surface area contributed by atoms with Gasteiger partial charge in [-0.15, -0.1) is 18.2 Å². The van der Waals surface area contributed by atoms with Crippen molar-refractivity contribution in [2.24, 2.45) is 4.99 Å². The lowest BCUT2D eigenvalue weighted by molar-refractivity contribution is 0.411. The smallest absolute Gasteiger partial charge is 0.129 e. The highest BCUT2D eigenvalue weighted by atomic mass is 32.2. The van der Waals surface area contributed by atoms with E-state index in [0.717, 1.165) is 53.5 Å². The van der Waals surface area contributed by atoms with Crippen LogP contribution in [0.2, 0.25) is 0 Å². The number of hydrogen-bond donors (Lipinski definition) is 1. The van der Waals surface area contributed by atoms with Gasteiger partial charge in [0.05, 0.1) is 7.11 Å². The standard InChI is InChI=1S/C20H20N2OS/c1-3-15-9-10-18(23-2)16(13-15)14-24-19-8-5-4-7-17(19)20-21-11-6-12-22-20/h1,4-5,7-10,13H,6,11-12,14H2,2H3,(H,21,22). The highest BCUT2D eigenvalue weighted by Crippen LogP contribution is 2.31. The topological polar surface area (TPSA) is 33.6 Å². The van der Waals surface area contributed by atoms with E-state index in [4.69, 9.17) is 11.2 Å². The summed E-state index contributed by atoms with van der Waals surface area (Å²) in [4.78, 5) is 5.82. The van der Waals surface area contributed by atoms with Gasteiger partial charge in [0.2, 0.25) is 0 Å². The number of thioether (sulfide) groups is 1. The normalized spacial score (nSPS) is 13.6. The van der Waals surface area contributed by atoms with E-state index in [9.17, 15) is 0 Å². The molecule has 1 N–H and O–H groups in total. The fourth-order valence-corrected chi connectivity index (χ4v) is 3.67. The lowest BCUT2D eigenvalue weighted by Crippen LogP contribution is -2.30. The zero-order chi connectivity index (χ0) is 16.8. The van der Waals surface area contributed by atoms with Gasteiger partial charge in [-0.2, -0.15) is 0 Å². The number of amidine groups is 1. The van der Waals surface area contributed by atoms with Crippen molar-refractivity contribution in [1.29, 1.82) is 0 Å². The Hall–Kier alpha value is -2.38. The zero-order valence-corrected chi connectivity index (χ0v) is 14.5. The third-order valence-corrected chi connectivity index (χ3v) is 4.99. The van der Waals surface area contributed by atoms with Crippen LogP contribution in [0, 0.1) is 12.3 Å². The van der Waals surface area contributed by atoms with Crippen molar-refractivity contribution in [2.75, 3.05) is 20.2 Å². The summed E-state index contributed by atoms with van der Waals surface area (Å²) in [5.41, 5.74) is 3.14. The van der Waals surface area contributed by atoms with Crippen LogP contribution in [0.1, 0.15) is 23.1 Å². The molecule has 1 heterocycles. The Bertz CT molecular complexity index is 792. The molecule has 0 radical (unpaired) electrons. The van der Waals surface area contributed by atoms with Crippen LogP contribution in [0.15, 0.2) is 52.4 Å². The van der Waals surface area contributed by atoms with Crippen LogP contribution in [-0.4, -0.2) is 26.0 Å². The predicted molar refractivity (Wildman–Crippen MR) is 101 cm³/mol. The summed E-state index contributed by atoms with van der Waals surface area (Å²) >= 11 is 1.77. The molecule has 0 unspecified atom stereocenters. The van der Waals surface area contributed by atoms with Crippen molar-refractivity contribution in [2.45, 2.75) is 17.1 Å². The Morgan fingerprint density at radius 2 is 2.17 bits per heavy atom. The van der Waals surface area contributed by atoms with Crippen molar-refractivity contribution in [1.82, 2.24) is 5.32 Å². The van der Waals surface area contributed by atoms with E-state index in [1.807, 2.05) is 18.2 Å². The van der Waals surface area contributed by atoms with Crippen molar-refractivity contribution >= 4 is 17.6 Å². The third kappa shape index (κ3) is 3.74. The van der Waals surface area contributed by atoms with E-state index in [1.165, 1.54) is 4.90 Å². The van der Waals surface area contributed by atoms with E-state index in [0.29, 0.717) is 0 Å². The molecule has 1 aliphatic heterocycles. The maximum absolute atomic E-state index is 5.52. The van der Waals surface area contributed by atoms with Gasteiger partial charge in [-0.25, -0.2) is 0 Å². The number of methoxy groups -OCH3 is 1. The minimum Gasteiger partial charge on any atom is -0.496 e. The van der Waals surface area contributed by atoms with E-state index < -0.39 is 0 Å². The molecule has 0 bridgehead atoms. The van der Waals surface area contributed by atoms with E-state index in [1.54, 1.807) is 18.9 Å². The summed E-state index contributed by atoms with van der Waals surface area (Å²) in [6.07, 6.45) is 6.61. The van der Waals surface area contributed by atoms with Gasteiger partial charge in [0.15, 0.2) is 0 Å². The monoisotopic (exact) mass is 336 g/mol.